The van der Waals surface area contributed by atoms with Gasteiger partial charge in [0, 0.05) is 32.8 Å². The van der Waals surface area contributed by atoms with Crippen LogP contribution in [0.4, 0.5) is 0 Å². The molecule has 2 saturated heterocycles. The van der Waals surface area contributed by atoms with E-state index in [1.807, 2.05) is 34.1 Å². The highest BCUT2D eigenvalue weighted by Gasteiger charge is 2.24. The van der Waals surface area contributed by atoms with Crippen LogP contribution in [-0.2, 0) is 35.4 Å². The molecule has 40 heavy (non-hydrogen) atoms. The van der Waals surface area contributed by atoms with Gasteiger partial charge in [-0.25, -0.2) is 9.78 Å². The fourth-order valence-corrected chi connectivity index (χ4v) is 5.36. The monoisotopic (exact) mass is 549 g/mol. The lowest BCUT2D eigenvalue weighted by atomic mass is 9.96. The van der Waals surface area contributed by atoms with Gasteiger partial charge < -0.3 is 19.3 Å². The maximum absolute atomic E-state index is 13.7. The Morgan fingerprint density at radius 2 is 1.27 bits per heavy atom. The van der Waals surface area contributed by atoms with Gasteiger partial charge >= 0.3 is 0 Å². The molecular formula is C31H39N3O6. The van der Waals surface area contributed by atoms with Crippen LogP contribution in [0.5, 0.6) is 0 Å². The van der Waals surface area contributed by atoms with Gasteiger partial charge in [-0.2, -0.15) is 0 Å². The lowest BCUT2D eigenvalue weighted by Crippen LogP contribution is -2.47. The Morgan fingerprint density at radius 3 is 2.02 bits per heavy atom. The highest BCUT2D eigenvalue weighted by molar-refractivity contribution is 6.02. The van der Waals surface area contributed by atoms with E-state index in [1.165, 1.54) is 0 Å². The van der Waals surface area contributed by atoms with Gasteiger partial charge in [0.1, 0.15) is 6.61 Å². The fourth-order valence-electron chi connectivity index (χ4n) is 5.36. The molecule has 0 saturated carbocycles. The third-order valence-corrected chi connectivity index (χ3v) is 7.52. The smallest absolute Gasteiger partial charge is 0.238 e. The third-order valence-electron chi connectivity index (χ3n) is 7.52. The molecule has 0 N–H and O–H groups in total. The molecule has 2 amide bonds. The Labute approximate surface area is 235 Å². The Hall–Kier alpha value is -3.08. The summed E-state index contributed by atoms with van der Waals surface area (Å²) in [4.78, 5) is 43.5. The first-order chi connectivity index (χ1) is 19.7. The fraction of sp³-hybridized carbons (Fsp3) is 0.484. The van der Waals surface area contributed by atoms with Crippen molar-refractivity contribution in [3.63, 3.8) is 0 Å². The molecule has 0 radical (unpaired) electrons. The van der Waals surface area contributed by atoms with Crippen LogP contribution in [0.25, 0.3) is 21.5 Å². The van der Waals surface area contributed by atoms with Crippen LogP contribution in [0.2, 0.25) is 0 Å². The largest absolute Gasteiger partial charge is 0.380 e. The zero-order valence-corrected chi connectivity index (χ0v) is 23.1. The number of benzene rings is 3. The van der Waals surface area contributed by atoms with Crippen molar-refractivity contribution in [2.45, 2.75) is 25.8 Å². The van der Waals surface area contributed by atoms with Gasteiger partial charge in [-0.3, -0.25) is 14.5 Å². The molecule has 0 unspecified atom stereocenters. The highest BCUT2D eigenvalue weighted by atomic mass is 17.2. The van der Waals surface area contributed by atoms with Crippen molar-refractivity contribution < 1.29 is 28.8 Å². The van der Waals surface area contributed by atoms with Crippen molar-refractivity contribution >= 4 is 33.4 Å². The topological polar surface area (TPSA) is 80.8 Å². The molecule has 2 fully saturated rings. The maximum Gasteiger partial charge on any atom is 0.238 e. The second-order valence-corrected chi connectivity index (χ2v) is 10.3. The molecular weight excluding hydrogens is 510 g/mol. The van der Waals surface area contributed by atoms with Gasteiger partial charge in [-0.05, 0) is 52.4 Å². The van der Waals surface area contributed by atoms with E-state index in [-0.39, 0.29) is 38.2 Å². The minimum absolute atomic E-state index is 0.000913. The van der Waals surface area contributed by atoms with E-state index in [4.69, 9.17) is 19.2 Å². The zero-order chi connectivity index (χ0) is 27.6. The summed E-state index contributed by atoms with van der Waals surface area (Å²) in [7, 11) is 0. The number of rotatable bonds is 2. The number of hydrogen-bond acceptors (Lipinski definition) is 7. The molecule has 9 heteroatoms. The summed E-state index contributed by atoms with van der Waals surface area (Å²) in [6.45, 7) is 4.18. The van der Waals surface area contributed by atoms with Gasteiger partial charge in [-0.15, -0.1) is 0 Å². The van der Waals surface area contributed by atoms with Crippen LogP contribution < -0.4 is 0 Å². The molecule has 3 aromatic carbocycles. The number of hydrogen-bond donors (Lipinski definition) is 0. The number of ether oxygens (including phenoxy) is 2. The SMILES string of the molecule is O=C1CN(Cc2c3ccccc3cc3ccccc23)CC(=O)N2CCOCCCCCN1CCOCCOOC2. The summed E-state index contributed by atoms with van der Waals surface area (Å²) in [6, 6.07) is 18.8. The van der Waals surface area contributed by atoms with Crippen LogP contribution in [0.1, 0.15) is 24.8 Å². The number of carbonyl (C=O) groups is 2. The van der Waals surface area contributed by atoms with Gasteiger partial charge in [0.15, 0.2) is 6.73 Å². The van der Waals surface area contributed by atoms with E-state index < -0.39 is 0 Å². The van der Waals surface area contributed by atoms with Crippen molar-refractivity contribution in [3.8, 4) is 0 Å². The molecule has 5 rings (SSSR count). The number of fused-ring (bicyclic) bond motifs is 8. The molecule has 9 nitrogen and oxygen atoms in total. The van der Waals surface area contributed by atoms with Crippen LogP contribution >= 0.6 is 0 Å². The summed E-state index contributed by atoms with van der Waals surface area (Å²) >= 11 is 0. The minimum atomic E-state index is -0.142. The molecule has 2 aliphatic heterocycles. The van der Waals surface area contributed by atoms with Crippen molar-refractivity contribution in [2.75, 3.05) is 72.5 Å². The average molecular weight is 550 g/mol. The summed E-state index contributed by atoms with van der Waals surface area (Å²) in [6.07, 6.45) is 2.77. The number of amides is 2. The standard InChI is InChI=1S/C31H39N3O6/c35-30-22-32(21-29-27-10-4-2-8-25(27)20-26-9-3-5-11-28(26)29)23-31(36)34-14-17-37-15-7-1-6-12-33(30)13-16-38-18-19-39-40-24-34/h2-5,8-11,20H,1,6-7,12-19,21-24H2. The zero-order valence-electron chi connectivity index (χ0n) is 23.1. The summed E-state index contributed by atoms with van der Waals surface area (Å²) < 4.78 is 11.5. The number of carbonyl (C=O) groups excluding carboxylic acids is 2. The van der Waals surface area contributed by atoms with Gasteiger partial charge in [-0.1, -0.05) is 48.5 Å². The predicted molar refractivity (Wildman–Crippen MR) is 152 cm³/mol. The van der Waals surface area contributed by atoms with Crippen LogP contribution in [-0.4, -0.2) is 99.0 Å². The van der Waals surface area contributed by atoms with Crippen molar-refractivity contribution in [3.05, 3.63) is 60.2 Å². The van der Waals surface area contributed by atoms with E-state index >= 15 is 0 Å². The second kappa shape index (κ2) is 14.5. The van der Waals surface area contributed by atoms with Crippen LogP contribution in [0.15, 0.2) is 54.6 Å². The number of nitrogens with zero attached hydrogens (tertiary/aromatic N) is 3. The molecule has 2 heterocycles. The Bertz CT molecular complexity index is 1170. The Balaban J connectivity index is 1.50. The molecule has 3 aromatic rings. The first-order valence-corrected chi connectivity index (χ1v) is 14.3. The normalized spacial score (nSPS) is 20.2. The van der Waals surface area contributed by atoms with Gasteiger partial charge in [0.05, 0.1) is 32.9 Å². The second-order valence-electron chi connectivity index (χ2n) is 10.3. The molecule has 0 atom stereocenters. The molecule has 214 valence electrons. The Kier molecular flexibility index (Phi) is 10.3. The third kappa shape index (κ3) is 7.56. The molecule has 0 aliphatic carbocycles. The first-order valence-electron chi connectivity index (χ1n) is 14.3. The van der Waals surface area contributed by atoms with Gasteiger partial charge in [0.2, 0.25) is 11.8 Å². The van der Waals surface area contributed by atoms with Crippen LogP contribution in [0.3, 0.4) is 0 Å². The van der Waals surface area contributed by atoms with E-state index in [0.717, 1.165) is 46.4 Å². The van der Waals surface area contributed by atoms with Gasteiger partial charge in [0.25, 0.3) is 0 Å². The average Bonchev–Trinajstić information content (AvgIpc) is 2.97. The lowest BCUT2D eigenvalue weighted by Gasteiger charge is -2.29. The maximum atomic E-state index is 13.7. The molecule has 2 aliphatic rings. The van der Waals surface area contributed by atoms with E-state index in [2.05, 4.69) is 30.3 Å². The minimum Gasteiger partial charge on any atom is -0.380 e. The van der Waals surface area contributed by atoms with Crippen molar-refractivity contribution in [1.29, 1.82) is 0 Å². The summed E-state index contributed by atoms with van der Waals surface area (Å²) in [5.41, 5.74) is 1.11. The molecule has 0 aromatic heterocycles. The highest BCUT2D eigenvalue weighted by Crippen LogP contribution is 2.29. The van der Waals surface area contributed by atoms with Crippen molar-refractivity contribution in [2.24, 2.45) is 0 Å². The van der Waals surface area contributed by atoms with E-state index in [9.17, 15) is 9.59 Å². The Morgan fingerprint density at radius 1 is 0.625 bits per heavy atom. The van der Waals surface area contributed by atoms with Crippen LogP contribution in [0, 0.1) is 0 Å². The molecule has 0 spiro atoms. The van der Waals surface area contributed by atoms with E-state index in [0.29, 0.717) is 52.6 Å². The lowest BCUT2D eigenvalue weighted by molar-refractivity contribution is -0.316. The van der Waals surface area contributed by atoms with Crippen molar-refractivity contribution in [1.82, 2.24) is 14.7 Å². The summed E-state index contributed by atoms with van der Waals surface area (Å²) in [5, 5.41) is 4.51. The summed E-state index contributed by atoms with van der Waals surface area (Å²) in [5.74, 6) is -0.141. The first kappa shape index (κ1) is 28.4. The van der Waals surface area contributed by atoms with E-state index in [1.54, 1.807) is 4.90 Å². The predicted octanol–water partition coefficient (Wildman–Crippen LogP) is 3.59. The quantitative estimate of drug-likeness (QED) is 0.275. The molecule has 2 bridgehead atoms.